The van der Waals surface area contributed by atoms with Crippen molar-refractivity contribution in [3.8, 4) is 0 Å². The van der Waals surface area contributed by atoms with Crippen LogP contribution in [0.5, 0.6) is 0 Å². The fourth-order valence-corrected chi connectivity index (χ4v) is 1.94. The number of benzene rings is 1. The smallest absolute Gasteiger partial charge is 0.384 e. The second-order valence-corrected chi connectivity index (χ2v) is 6.48. The van der Waals surface area contributed by atoms with Crippen molar-refractivity contribution in [1.82, 2.24) is 0 Å². The summed E-state index contributed by atoms with van der Waals surface area (Å²) in [5.41, 5.74) is -0.740. The van der Waals surface area contributed by atoms with E-state index in [2.05, 4.69) is 5.32 Å². The lowest BCUT2D eigenvalue weighted by molar-refractivity contribution is -0.137. The predicted octanol–water partition coefficient (Wildman–Crippen LogP) is 2.82. The van der Waals surface area contributed by atoms with Crippen LogP contribution in [0.15, 0.2) is 18.2 Å². The molecule has 18 heavy (non-hydrogen) atoms. The van der Waals surface area contributed by atoms with Gasteiger partial charge in [0.15, 0.2) is 0 Å². The third kappa shape index (κ3) is 5.14. The Labute approximate surface area is 108 Å². The number of nitrogens with one attached hydrogen (secondary N) is 1. The Morgan fingerprint density at radius 2 is 1.89 bits per heavy atom. The molecule has 0 bridgehead atoms. The first-order chi connectivity index (χ1) is 8.08. The van der Waals surface area contributed by atoms with E-state index in [4.69, 9.17) is 11.6 Å². The van der Waals surface area contributed by atoms with Gasteiger partial charge in [-0.25, -0.2) is 8.42 Å². The second-order valence-electron chi connectivity index (χ2n) is 3.78. The number of sulfone groups is 1. The highest BCUT2D eigenvalue weighted by Gasteiger charge is 2.31. The van der Waals surface area contributed by atoms with Gasteiger partial charge in [-0.2, -0.15) is 13.2 Å². The average molecular weight is 302 g/mol. The number of rotatable bonds is 4. The first-order valence-electron chi connectivity index (χ1n) is 4.87. The maximum Gasteiger partial charge on any atom is 0.416 e. The van der Waals surface area contributed by atoms with Crippen LogP contribution in [-0.4, -0.2) is 27.0 Å². The predicted molar refractivity (Wildman–Crippen MR) is 64.7 cm³/mol. The van der Waals surface area contributed by atoms with Crippen LogP contribution in [0.2, 0.25) is 5.02 Å². The zero-order valence-electron chi connectivity index (χ0n) is 9.38. The molecule has 0 radical (unpaired) electrons. The van der Waals surface area contributed by atoms with Gasteiger partial charge in [-0.3, -0.25) is 0 Å². The van der Waals surface area contributed by atoms with E-state index in [1.54, 1.807) is 0 Å². The zero-order valence-corrected chi connectivity index (χ0v) is 11.0. The molecule has 0 aliphatic rings. The van der Waals surface area contributed by atoms with Crippen molar-refractivity contribution in [2.45, 2.75) is 6.18 Å². The van der Waals surface area contributed by atoms with Crippen LogP contribution in [0.25, 0.3) is 0 Å². The quantitative estimate of drug-likeness (QED) is 0.930. The maximum absolute atomic E-state index is 12.5. The summed E-state index contributed by atoms with van der Waals surface area (Å²) in [7, 11) is -3.16. The van der Waals surface area contributed by atoms with E-state index in [9.17, 15) is 21.6 Å². The fourth-order valence-electron chi connectivity index (χ4n) is 1.24. The van der Waals surface area contributed by atoms with Crippen molar-refractivity contribution in [2.75, 3.05) is 23.9 Å². The highest BCUT2D eigenvalue weighted by molar-refractivity contribution is 7.90. The van der Waals surface area contributed by atoms with E-state index in [-0.39, 0.29) is 23.0 Å². The second kappa shape index (κ2) is 5.36. The van der Waals surface area contributed by atoms with Gasteiger partial charge in [0.2, 0.25) is 0 Å². The zero-order chi connectivity index (χ0) is 14.0. The van der Waals surface area contributed by atoms with Gasteiger partial charge >= 0.3 is 6.18 Å². The fraction of sp³-hybridized carbons (Fsp3) is 0.400. The minimum Gasteiger partial charge on any atom is -0.384 e. The molecule has 0 heterocycles. The van der Waals surface area contributed by atoms with Gasteiger partial charge in [0.05, 0.1) is 11.3 Å². The van der Waals surface area contributed by atoms with Gasteiger partial charge in [0, 0.05) is 23.5 Å². The van der Waals surface area contributed by atoms with Crippen molar-refractivity contribution in [3.63, 3.8) is 0 Å². The van der Waals surface area contributed by atoms with Gasteiger partial charge in [-0.1, -0.05) is 11.6 Å². The van der Waals surface area contributed by atoms with Crippen LogP contribution in [0.4, 0.5) is 18.9 Å². The van der Waals surface area contributed by atoms with Crippen LogP contribution in [0.1, 0.15) is 5.56 Å². The molecule has 0 saturated carbocycles. The van der Waals surface area contributed by atoms with Crippen molar-refractivity contribution < 1.29 is 21.6 Å². The largest absolute Gasteiger partial charge is 0.416 e. The number of anilines is 1. The molecule has 0 atom stereocenters. The third-order valence-electron chi connectivity index (χ3n) is 2.03. The monoisotopic (exact) mass is 301 g/mol. The van der Waals surface area contributed by atoms with Gasteiger partial charge in [0.1, 0.15) is 9.84 Å². The molecule has 0 saturated heterocycles. The molecule has 8 heteroatoms. The SMILES string of the molecule is CS(=O)(=O)CCNc1cc(Cl)cc(C(F)(F)F)c1. The van der Waals surface area contributed by atoms with E-state index in [0.717, 1.165) is 18.4 Å². The lowest BCUT2D eigenvalue weighted by Gasteiger charge is -2.11. The summed E-state index contributed by atoms with van der Waals surface area (Å²) in [6.07, 6.45) is -3.44. The average Bonchev–Trinajstić information content (AvgIpc) is 2.13. The van der Waals surface area contributed by atoms with Crippen molar-refractivity contribution in [1.29, 1.82) is 0 Å². The summed E-state index contributed by atoms with van der Waals surface area (Å²) in [5.74, 6) is -0.166. The summed E-state index contributed by atoms with van der Waals surface area (Å²) in [4.78, 5) is 0. The maximum atomic E-state index is 12.5. The molecule has 3 nitrogen and oxygen atoms in total. The Kier molecular flexibility index (Phi) is 4.50. The molecule has 102 valence electrons. The molecule has 0 aliphatic heterocycles. The summed E-state index contributed by atoms with van der Waals surface area (Å²) in [6, 6.07) is 3.00. The van der Waals surface area contributed by atoms with Gasteiger partial charge in [-0.05, 0) is 18.2 Å². The Morgan fingerprint density at radius 1 is 1.28 bits per heavy atom. The Hall–Kier alpha value is -0.950. The van der Waals surface area contributed by atoms with E-state index in [1.807, 2.05) is 0 Å². The highest BCUT2D eigenvalue weighted by atomic mass is 35.5. The summed E-state index contributed by atoms with van der Waals surface area (Å²) < 4.78 is 59.2. The molecule has 1 aromatic rings. The van der Waals surface area contributed by atoms with Crippen LogP contribution >= 0.6 is 11.6 Å². The standard InChI is InChI=1S/C10H11ClF3NO2S/c1-18(16,17)3-2-15-9-5-7(10(12,13)14)4-8(11)6-9/h4-6,15H,2-3H2,1H3. The molecule has 0 unspecified atom stereocenters. The molecule has 1 aromatic carbocycles. The van der Waals surface area contributed by atoms with Crippen LogP contribution in [-0.2, 0) is 16.0 Å². The molecule has 1 rings (SSSR count). The molecule has 0 aliphatic carbocycles. The van der Waals surface area contributed by atoms with E-state index < -0.39 is 21.6 Å². The molecule has 1 N–H and O–H groups in total. The number of hydrogen-bond acceptors (Lipinski definition) is 3. The minimum absolute atomic E-state index is 0.0243. The number of alkyl halides is 3. The molecular formula is C10H11ClF3NO2S. The third-order valence-corrected chi connectivity index (χ3v) is 3.19. The Balaban J connectivity index is 2.81. The molecule has 0 aromatic heterocycles. The highest BCUT2D eigenvalue weighted by Crippen LogP contribution is 2.33. The Morgan fingerprint density at radius 3 is 2.39 bits per heavy atom. The van der Waals surface area contributed by atoms with E-state index in [1.165, 1.54) is 6.07 Å². The van der Waals surface area contributed by atoms with Crippen LogP contribution in [0, 0.1) is 0 Å². The molecular weight excluding hydrogens is 291 g/mol. The molecule has 0 amide bonds. The van der Waals surface area contributed by atoms with Crippen LogP contribution < -0.4 is 5.32 Å². The van der Waals surface area contributed by atoms with Crippen LogP contribution in [0.3, 0.4) is 0 Å². The first kappa shape index (κ1) is 15.1. The van der Waals surface area contributed by atoms with Gasteiger partial charge < -0.3 is 5.32 Å². The van der Waals surface area contributed by atoms with Crippen molar-refractivity contribution in [3.05, 3.63) is 28.8 Å². The normalized spacial score (nSPS) is 12.5. The van der Waals surface area contributed by atoms with Gasteiger partial charge in [-0.15, -0.1) is 0 Å². The Bertz CT molecular complexity index is 528. The minimum atomic E-state index is -4.49. The lowest BCUT2D eigenvalue weighted by atomic mass is 10.2. The van der Waals surface area contributed by atoms with Crippen molar-refractivity contribution >= 4 is 27.1 Å². The lowest BCUT2D eigenvalue weighted by Crippen LogP contribution is -2.14. The van der Waals surface area contributed by atoms with Crippen molar-refractivity contribution in [2.24, 2.45) is 0 Å². The molecule has 0 spiro atoms. The van der Waals surface area contributed by atoms with E-state index in [0.29, 0.717) is 0 Å². The van der Waals surface area contributed by atoms with E-state index >= 15 is 0 Å². The summed E-state index contributed by atoms with van der Waals surface area (Å²) in [5, 5.41) is 2.53. The summed E-state index contributed by atoms with van der Waals surface area (Å²) in [6.45, 7) is 0.0243. The number of halogens is 4. The van der Waals surface area contributed by atoms with Gasteiger partial charge in [0.25, 0.3) is 0 Å². The molecule has 0 fully saturated rings. The summed E-state index contributed by atoms with van der Waals surface area (Å²) >= 11 is 5.57. The first-order valence-corrected chi connectivity index (χ1v) is 7.31. The number of hydrogen-bond donors (Lipinski definition) is 1. The topological polar surface area (TPSA) is 46.2 Å².